The molecule has 0 aromatic carbocycles. The Morgan fingerprint density at radius 3 is 2.33 bits per heavy atom. The highest BCUT2D eigenvalue weighted by Gasteiger charge is 2.28. The molecule has 0 aromatic rings. The van der Waals surface area contributed by atoms with Gasteiger partial charge in [0.2, 0.25) is 0 Å². The second kappa shape index (κ2) is 3.08. The van der Waals surface area contributed by atoms with Crippen molar-refractivity contribution in [1.82, 2.24) is 0 Å². The number of carboxylic acid groups (broad SMARTS) is 1. The molecule has 0 aliphatic rings. The zero-order valence-electron chi connectivity index (χ0n) is 5.16. The molecule has 0 aromatic heterocycles. The van der Waals surface area contributed by atoms with E-state index in [9.17, 15) is 4.79 Å². The fourth-order valence-electron chi connectivity index (χ4n) is 0.325. The highest BCUT2D eigenvalue weighted by Crippen LogP contribution is 2.09. The summed E-state index contributed by atoms with van der Waals surface area (Å²) >= 11 is 3.79. The van der Waals surface area contributed by atoms with Crippen LogP contribution in [-0.2, 0) is 4.79 Å². The Morgan fingerprint density at radius 1 is 1.78 bits per heavy atom. The van der Waals surface area contributed by atoms with Crippen LogP contribution in [0.4, 0.5) is 0 Å². The summed E-state index contributed by atoms with van der Waals surface area (Å²) in [4.78, 5) is 10.1. The third-order valence-electron chi connectivity index (χ3n) is 1.06. The van der Waals surface area contributed by atoms with E-state index in [0.717, 1.165) is 0 Å². The molecule has 0 aliphatic heterocycles. The lowest BCUT2D eigenvalue weighted by Gasteiger charge is -2.15. The summed E-state index contributed by atoms with van der Waals surface area (Å²) < 4.78 is 0. The normalized spacial score (nSPS) is 16.8. The van der Waals surface area contributed by atoms with Crippen LogP contribution in [0.1, 0.15) is 13.3 Å². The van der Waals surface area contributed by atoms with Crippen molar-refractivity contribution in [2.75, 3.05) is 5.75 Å². The first-order valence-electron chi connectivity index (χ1n) is 2.57. The average Bonchev–Trinajstić information content (AvgIpc) is 1.65. The zero-order valence-corrected chi connectivity index (χ0v) is 6.06. The number of carboxylic acids is 1. The van der Waals surface area contributed by atoms with Crippen LogP contribution in [0.2, 0.25) is 0 Å². The Bertz CT molecular complexity index is 111. The van der Waals surface area contributed by atoms with Crippen LogP contribution >= 0.6 is 12.6 Å². The van der Waals surface area contributed by atoms with Gasteiger partial charge in [0.25, 0.3) is 0 Å². The lowest BCUT2D eigenvalue weighted by atomic mass is 10.1. The third-order valence-corrected chi connectivity index (χ3v) is 1.28. The highest BCUT2D eigenvalue weighted by atomic mass is 32.1. The molecule has 3 nitrogen and oxygen atoms in total. The number of aliphatic carboxylic acids is 1. The average molecular weight is 150 g/mol. The lowest BCUT2D eigenvalue weighted by Crippen LogP contribution is -2.35. The first-order valence-corrected chi connectivity index (χ1v) is 3.20. The van der Waals surface area contributed by atoms with Gasteiger partial charge >= 0.3 is 5.97 Å². The molecule has 0 bridgehead atoms. The second-order valence-electron chi connectivity index (χ2n) is 2.05. The van der Waals surface area contributed by atoms with Crippen LogP contribution in [0, 0.1) is 0 Å². The quantitative estimate of drug-likeness (QED) is 0.502. The molecule has 4 heteroatoms. The van der Waals surface area contributed by atoms with E-state index >= 15 is 0 Å². The molecule has 54 valence electrons. The van der Waals surface area contributed by atoms with Crippen molar-refractivity contribution in [1.29, 1.82) is 0 Å². The van der Waals surface area contributed by atoms with Gasteiger partial charge in [0.05, 0.1) is 0 Å². The van der Waals surface area contributed by atoms with Crippen LogP contribution in [0.25, 0.3) is 0 Å². The highest BCUT2D eigenvalue weighted by molar-refractivity contribution is 7.80. The van der Waals surface area contributed by atoms with Crippen molar-refractivity contribution in [2.45, 2.75) is 18.9 Å². The predicted octanol–water partition coefficient (Wildman–Crippen LogP) is 0.142. The maximum atomic E-state index is 10.1. The summed E-state index contributed by atoms with van der Waals surface area (Å²) in [6, 6.07) is 0. The first-order chi connectivity index (χ1) is 4.00. The van der Waals surface area contributed by atoms with E-state index in [1.807, 2.05) is 0 Å². The number of hydrogen-bond donors (Lipinski definition) is 3. The Labute approximate surface area is 59.1 Å². The molecule has 0 saturated carbocycles. The summed E-state index contributed by atoms with van der Waals surface area (Å²) in [6.07, 6.45) is 0.172. The minimum atomic E-state index is -1.61. The maximum absolute atomic E-state index is 10.1. The van der Waals surface area contributed by atoms with Crippen molar-refractivity contribution in [3.63, 3.8) is 0 Å². The molecule has 2 N–H and O–H groups in total. The molecule has 0 rings (SSSR count). The molecule has 0 fully saturated rings. The van der Waals surface area contributed by atoms with Gasteiger partial charge in [-0.25, -0.2) is 4.79 Å². The van der Waals surface area contributed by atoms with Crippen molar-refractivity contribution in [2.24, 2.45) is 0 Å². The minimum absolute atomic E-state index is 0.172. The third kappa shape index (κ3) is 2.72. The van der Waals surface area contributed by atoms with Gasteiger partial charge in [-0.1, -0.05) is 0 Å². The minimum Gasteiger partial charge on any atom is -0.479 e. The van der Waals surface area contributed by atoms with E-state index in [-0.39, 0.29) is 6.42 Å². The number of hydrogen-bond acceptors (Lipinski definition) is 3. The van der Waals surface area contributed by atoms with E-state index in [4.69, 9.17) is 10.2 Å². The number of thiol groups is 1. The van der Waals surface area contributed by atoms with E-state index in [2.05, 4.69) is 12.6 Å². The SMILES string of the molecule is CC(O)(CCS)C(=O)O. The summed E-state index contributed by atoms with van der Waals surface area (Å²) in [7, 11) is 0. The molecular formula is C5H10O3S. The molecule has 0 saturated heterocycles. The molecule has 9 heavy (non-hydrogen) atoms. The molecular weight excluding hydrogens is 140 g/mol. The monoisotopic (exact) mass is 150 g/mol. The molecule has 0 aliphatic carbocycles. The first kappa shape index (κ1) is 8.78. The van der Waals surface area contributed by atoms with Gasteiger partial charge in [-0.3, -0.25) is 0 Å². The number of carbonyl (C=O) groups is 1. The summed E-state index contributed by atoms with van der Waals surface area (Å²) in [5, 5.41) is 17.2. The van der Waals surface area contributed by atoms with Gasteiger partial charge in [0.1, 0.15) is 0 Å². The van der Waals surface area contributed by atoms with Crippen molar-refractivity contribution in [3.8, 4) is 0 Å². The van der Waals surface area contributed by atoms with E-state index < -0.39 is 11.6 Å². The zero-order chi connectivity index (χ0) is 7.49. The Kier molecular flexibility index (Phi) is 3.00. The Hall–Kier alpha value is -0.220. The van der Waals surface area contributed by atoms with Crippen molar-refractivity contribution >= 4 is 18.6 Å². The molecule has 0 spiro atoms. The van der Waals surface area contributed by atoms with Crippen LogP contribution in [0.3, 0.4) is 0 Å². The standard InChI is InChI=1S/C5H10O3S/c1-5(8,2-3-9)4(6)7/h8-9H,2-3H2,1H3,(H,6,7). The largest absolute Gasteiger partial charge is 0.479 e. The fourth-order valence-corrected chi connectivity index (χ4v) is 0.760. The van der Waals surface area contributed by atoms with Crippen LogP contribution in [0.15, 0.2) is 0 Å². The maximum Gasteiger partial charge on any atom is 0.335 e. The molecule has 1 unspecified atom stereocenters. The van der Waals surface area contributed by atoms with Gasteiger partial charge in [-0.15, -0.1) is 0 Å². The van der Waals surface area contributed by atoms with Gasteiger partial charge in [-0.05, 0) is 19.1 Å². The van der Waals surface area contributed by atoms with Gasteiger partial charge in [0.15, 0.2) is 5.60 Å². The van der Waals surface area contributed by atoms with Crippen LogP contribution < -0.4 is 0 Å². The van der Waals surface area contributed by atoms with Gasteiger partial charge in [0, 0.05) is 0 Å². The Balaban J connectivity index is 3.85. The Morgan fingerprint density at radius 2 is 2.22 bits per heavy atom. The topological polar surface area (TPSA) is 57.5 Å². The summed E-state index contributed by atoms with van der Waals surface area (Å²) in [5.41, 5.74) is -1.61. The fraction of sp³-hybridized carbons (Fsp3) is 0.800. The van der Waals surface area contributed by atoms with E-state index in [1.54, 1.807) is 0 Å². The van der Waals surface area contributed by atoms with E-state index in [1.165, 1.54) is 6.92 Å². The van der Waals surface area contributed by atoms with Crippen LogP contribution in [0.5, 0.6) is 0 Å². The smallest absolute Gasteiger partial charge is 0.335 e. The van der Waals surface area contributed by atoms with Gasteiger partial charge in [-0.2, -0.15) is 12.6 Å². The summed E-state index contributed by atoms with van der Waals surface area (Å²) in [5.74, 6) is -0.823. The summed E-state index contributed by atoms with van der Waals surface area (Å²) in [6.45, 7) is 1.26. The molecule has 0 amide bonds. The lowest BCUT2D eigenvalue weighted by molar-refractivity contribution is -0.156. The van der Waals surface area contributed by atoms with E-state index in [0.29, 0.717) is 5.75 Å². The molecule has 0 heterocycles. The predicted molar refractivity (Wildman–Crippen MR) is 36.7 cm³/mol. The second-order valence-corrected chi connectivity index (χ2v) is 2.50. The van der Waals surface area contributed by atoms with Crippen molar-refractivity contribution < 1.29 is 15.0 Å². The van der Waals surface area contributed by atoms with Gasteiger partial charge < -0.3 is 10.2 Å². The molecule has 0 radical (unpaired) electrons. The number of aliphatic hydroxyl groups is 1. The van der Waals surface area contributed by atoms with Crippen LogP contribution in [-0.4, -0.2) is 27.5 Å². The number of rotatable bonds is 3. The molecule has 1 atom stereocenters. The van der Waals surface area contributed by atoms with Crippen molar-refractivity contribution in [3.05, 3.63) is 0 Å².